The molecular formula is C36H67N5O13. The number of carboxylic acids is 3. The second-order valence-electron chi connectivity index (χ2n) is 12.9. The van der Waals surface area contributed by atoms with Gasteiger partial charge >= 0.3 is 17.9 Å². The molecule has 18 nitrogen and oxygen atoms in total. The number of aliphatic carboxylic acids is 3. The summed E-state index contributed by atoms with van der Waals surface area (Å²) in [5.74, 6) is 1.28. The van der Waals surface area contributed by atoms with Crippen molar-refractivity contribution < 1.29 is 63.0 Å². The van der Waals surface area contributed by atoms with E-state index in [0.29, 0.717) is 71.8 Å². The van der Waals surface area contributed by atoms with Crippen molar-refractivity contribution in [3.05, 3.63) is 0 Å². The highest BCUT2D eigenvalue weighted by Crippen LogP contribution is 2.12. The predicted octanol–water partition coefficient (Wildman–Crippen LogP) is 1.88. The van der Waals surface area contributed by atoms with Gasteiger partial charge in [0.2, 0.25) is 17.7 Å². The molecule has 0 aliphatic heterocycles. The summed E-state index contributed by atoms with van der Waals surface area (Å²) >= 11 is 0. The van der Waals surface area contributed by atoms with Crippen molar-refractivity contribution >= 4 is 35.6 Å². The lowest BCUT2D eigenvalue weighted by Crippen LogP contribution is -2.42. The van der Waals surface area contributed by atoms with Gasteiger partial charge in [-0.15, -0.1) is 0 Å². The molecule has 54 heavy (non-hydrogen) atoms. The molecule has 0 aromatic rings. The highest BCUT2D eigenvalue weighted by Gasteiger charge is 2.21. The van der Waals surface area contributed by atoms with Crippen LogP contribution in [0.2, 0.25) is 0 Å². The third-order valence-electron chi connectivity index (χ3n) is 8.24. The molecule has 0 rings (SSSR count). The van der Waals surface area contributed by atoms with E-state index in [1.54, 1.807) is 0 Å². The van der Waals surface area contributed by atoms with E-state index in [2.05, 4.69) is 21.4 Å². The second kappa shape index (κ2) is 36.6. The third-order valence-corrected chi connectivity index (χ3v) is 8.24. The minimum Gasteiger partial charge on any atom is -0.481 e. The van der Waals surface area contributed by atoms with Gasteiger partial charge in [0, 0.05) is 38.8 Å². The summed E-state index contributed by atoms with van der Waals surface area (Å²) in [5, 5.41) is 34.8. The van der Waals surface area contributed by atoms with E-state index < -0.39 is 35.9 Å². The smallest absolute Gasteiger partial charge is 0.326 e. The Bertz CT molecular complexity index is 1020. The number of rotatable bonds is 40. The average molecular weight is 778 g/mol. The molecule has 0 bridgehead atoms. The Kier molecular flexibility index (Phi) is 34.2. The number of nitrogens with two attached hydrogens (primary N) is 1. The topological polar surface area (TPSA) is 274 Å². The van der Waals surface area contributed by atoms with Gasteiger partial charge in [-0.3, -0.25) is 29.8 Å². The van der Waals surface area contributed by atoms with E-state index in [4.69, 9.17) is 35.0 Å². The molecule has 0 unspecified atom stereocenters. The molecule has 0 radical (unpaired) electrons. The van der Waals surface area contributed by atoms with Crippen LogP contribution in [0.15, 0.2) is 0 Å². The van der Waals surface area contributed by atoms with Crippen LogP contribution in [0, 0.1) is 0 Å². The zero-order valence-electron chi connectivity index (χ0n) is 32.0. The number of unbranched alkanes of at least 4 members (excludes halogenated alkanes) is 10. The minimum atomic E-state index is -1.25. The third kappa shape index (κ3) is 34.4. The quantitative estimate of drug-likeness (QED) is 0.0251. The maximum Gasteiger partial charge on any atom is 0.326 e. The van der Waals surface area contributed by atoms with Crippen molar-refractivity contribution in [1.82, 2.24) is 21.4 Å². The normalized spacial score (nSPS) is 12.2. The lowest BCUT2D eigenvalue weighted by atomic mass is 10.1. The summed E-state index contributed by atoms with van der Waals surface area (Å²) < 4.78 is 21.7. The number of hydrogen-bond acceptors (Lipinski definition) is 12. The average Bonchev–Trinajstić information content (AvgIpc) is 3.13. The van der Waals surface area contributed by atoms with Crippen molar-refractivity contribution in [2.24, 2.45) is 5.84 Å². The van der Waals surface area contributed by atoms with E-state index in [0.717, 1.165) is 44.9 Å². The first-order chi connectivity index (χ1) is 26.1. The van der Waals surface area contributed by atoms with Gasteiger partial charge in [0.1, 0.15) is 12.1 Å². The highest BCUT2D eigenvalue weighted by molar-refractivity contribution is 5.84. The van der Waals surface area contributed by atoms with E-state index in [9.17, 15) is 33.9 Å². The molecule has 0 saturated heterocycles. The fraction of sp³-hybridized carbons (Fsp3) is 0.833. The van der Waals surface area contributed by atoms with Gasteiger partial charge in [0.15, 0.2) is 0 Å². The number of carbonyl (C=O) groups excluding carboxylic acids is 3. The number of amides is 3. The Hall–Kier alpha value is -3.42. The van der Waals surface area contributed by atoms with Gasteiger partial charge in [-0.05, 0) is 38.5 Å². The standard InChI is InChI=1S/C36H67N5O13/c37-41-30(36(49)50)13-11-12-19-38-32(43)17-16-29(35(47)48)40-33(44)18-21-51-23-25-53-27-28-54-26-24-52-22-20-39-31(42)14-9-7-5-3-1-2-4-6-8-10-15-34(45)46/h29-30,41H,1-28,37H2,(H,38,43)(H,39,42)(H,40,44)(H,45,46)(H,47,48)(H,49,50)/t29-,30-/m0/s1. The molecule has 0 aliphatic carbocycles. The maximum absolute atomic E-state index is 12.1. The molecule has 314 valence electrons. The van der Waals surface area contributed by atoms with Crippen molar-refractivity contribution in [2.75, 3.05) is 65.9 Å². The molecule has 0 fully saturated rings. The number of hydrazine groups is 1. The van der Waals surface area contributed by atoms with E-state index in [1.165, 1.54) is 19.3 Å². The van der Waals surface area contributed by atoms with E-state index in [-0.39, 0.29) is 57.3 Å². The Morgan fingerprint density at radius 2 is 0.907 bits per heavy atom. The van der Waals surface area contributed by atoms with Crippen molar-refractivity contribution in [1.29, 1.82) is 0 Å². The molecule has 18 heteroatoms. The van der Waals surface area contributed by atoms with E-state index in [1.807, 2.05) is 0 Å². The highest BCUT2D eigenvalue weighted by atomic mass is 16.6. The van der Waals surface area contributed by atoms with Gasteiger partial charge in [0.25, 0.3) is 0 Å². The van der Waals surface area contributed by atoms with Crippen LogP contribution >= 0.6 is 0 Å². The molecule has 9 N–H and O–H groups in total. The van der Waals surface area contributed by atoms with Crippen molar-refractivity contribution in [3.63, 3.8) is 0 Å². The van der Waals surface area contributed by atoms with Gasteiger partial charge in [-0.1, -0.05) is 51.4 Å². The molecule has 0 spiro atoms. The number of carboxylic acid groups (broad SMARTS) is 3. The molecular weight excluding hydrogens is 710 g/mol. The lowest BCUT2D eigenvalue weighted by Gasteiger charge is -2.15. The van der Waals surface area contributed by atoms with Crippen LogP contribution in [0.4, 0.5) is 0 Å². The lowest BCUT2D eigenvalue weighted by molar-refractivity contribution is -0.142. The van der Waals surface area contributed by atoms with Crippen LogP contribution in [0.1, 0.15) is 116 Å². The van der Waals surface area contributed by atoms with Gasteiger partial charge in [0.05, 0.1) is 52.9 Å². The first-order valence-corrected chi connectivity index (χ1v) is 19.3. The number of nitrogens with one attached hydrogen (secondary N) is 4. The molecule has 3 amide bonds. The SMILES string of the molecule is NN[C@@H](CCCCNC(=O)CC[C@H](NC(=O)CCOCCOCCOCCOCCNC(=O)CCCCCCCCCCCCC(=O)O)C(=O)O)C(=O)O. The fourth-order valence-corrected chi connectivity index (χ4v) is 5.12. The van der Waals surface area contributed by atoms with Gasteiger partial charge < -0.3 is 50.2 Å². The van der Waals surface area contributed by atoms with Crippen LogP contribution in [-0.2, 0) is 47.7 Å². The van der Waals surface area contributed by atoms with Crippen LogP contribution in [0.25, 0.3) is 0 Å². The zero-order chi connectivity index (χ0) is 40.1. The second-order valence-corrected chi connectivity index (χ2v) is 12.9. The molecule has 0 saturated carbocycles. The van der Waals surface area contributed by atoms with Gasteiger partial charge in [-0.2, -0.15) is 0 Å². The minimum absolute atomic E-state index is 0.0312. The molecule has 0 heterocycles. The number of carbonyl (C=O) groups is 6. The number of ether oxygens (including phenoxy) is 4. The first-order valence-electron chi connectivity index (χ1n) is 19.3. The van der Waals surface area contributed by atoms with Crippen LogP contribution < -0.4 is 27.2 Å². The summed E-state index contributed by atoms with van der Waals surface area (Å²) in [6, 6.07) is -2.09. The van der Waals surface area contributed by atoms with E-state index >= 15 is 0 Å². The molecule has 0 aromatic carbocycles. The fourth-order valence-electron chi connectivity index (χ4n) is 5.12. The van der Waals surface area contributed by atoms with Crippen molar-refractivity contribution in [3.8, 4) is 0 Å². The zero-order valence-corrected chi connectivity index (χ0v) is 32.0. The number of hydrogen-bond donors (Lipinski definition) is 8. The van der Waals surface area contributed by atoms with Crippen LogP contribution in [0.5, 0.6) is 0 Å². The Labute approximate surface area is 319 Å². The summed E-state index contributed by atoms with van der Waals surface area (Å²) in [4.78, 5) is 69.0. The van der Waals surface area contributed by atoms with Crippen molar-refractivity contribution in [2.45, 2.75) is 128 Å². The maximum atomic E-state index is 12.1. The Morgan fingerprint density at radius 3 is 1.43 bits per heavy atom. The van der Waals surface area contributed by atoms with Crippen LogP contribution in [-0.4, -0.2) is 129 Å². The van der Waals surface area contributed by atoms with Crippen LogP contribution in [0.3, 0.4) is 0 Å². The first kappa shape index (κ1) is 50.6. The Balaban J connectivity index is 3.57. The summed E-state index contributed by atoms with van der Waals surface area (Å²) in [7, 11) is 0. The molecule has 2 atom stereocenters. The predicted molar refractivity (Wildman–Crippen MR) is 198 cm³/mol. The van der Waals surface area contributed by atoms with Gasteiger partial charge in [-0.25, -0.2) is 10.2 Å². The molecule has 0 aliphatic rings. The monoisotopic (exact) mass is 777 g/mol. The summed E-state index contributed by atoms with van der Waals surface area (Å²) in [5.41, 5.74) is 2.20. The Morgan fingerprint density at radius 1 is 0.444 bits per heavy atom. The largest absolute Gasteiger partial charge is 0.481 e. The summed E-state index contributed by atoms with van der Waals surface area (Å²) in [6.07, 6.45) is 12.5. The summed E-state index contributed by atoms with van der Waals surface area (Å²) in [6.45, 7) is 3.25. The molecule has 0 aromatic heterocycles.